The standard InChI is InChI=1S/C15H19FN3O2/c16-11-3-1-10(13(9-11)15(18)21)2-4-14(20)19-7-5-12(17)6-8-19/h1,3-4,9,12H,2,5-8,17H2,(H2,18,21). The molecule has 1 aromatic carbocycles. The Balaban J connectivity index is 1.96. The summed E-state index contributed by atoms with van der Waals surface area (Å²) in [5.41, 5.74) is 11.7. The first-order valence-corrected chi connectivity index (χ1v) is 6.93. The van der Waals surface area contributed by atoms with Crippen molar-refractivity contribution in [1.82, 2.24) is 4.90 Å². The van der Waals surface area contributed by atoms with Crippen molar-refractivity contribution < 1.29 is 14.0 Å². The highest BCUT2D eigenvalue weighted by atomic mass is 19.1. The molecule has 1 radical (unpaired) electrons. The molecule has 1 aromatic rings. The average Bonchev–Trinajstić information content (AvgIpc) is 2.46. The molecule has 6 heteroatoms. The SMILES string of the molecule is NC(=O)c1cc(F)ccc1C[CH]C(=O)N1CCC(N)CC1. The summed E-state index contributed by atoms with van der Waals surface area (Å²) in [4.78, 5) is 25.1. The lowest BCUT2D eigenvalue weighted by Crippen LogP contribution is -2.43. The van der Waals surface area contributed by atoms with E-state index in [9.17, 15) is 14.0 Å². The van der Waals surface area contributed by atoms with E-state index in [0.29, 0.717) is 18.7 Å². The fourth-order valence-electron chi connectivity index (χ4n) is 2.40. The fourth-order valence-corrected chi connectivity index (χ4v) is 2.40. The number of hydrogen-bond donors (Lipinski definition) is 2. The summed E-state index contributed by atoms with van der Waals surface area (Å²) in [5.74, 6) is -1.32. The Morgan fingerprint density at radius 2 is 2.00 bits per heavy atom. The molecule has 4 N–H and O–H groups in total. The van der Waals surface area contributed by atoms with Crippen molar-refractivity contribution in [2.75, 3.05) is 13.1 Å². The zero-order chi connectivity index (χ0) is 15.4. The summed E-state index contributed by atoms with van der Waals surface area (Å²) < 4.78 is 13.1. The zero-order valence-corrected chi connectivity index (χ0v) is 11.7. The number of primary amides is 1. The molecular weight excluding hydrogens is 273 g/mol. The molecule has 21 heavy (non-hydrogen) atoms. The van der Waals surface area contributed by atoms with Gasteiger partial charge in [-0.1, -0.05) is 6.07 Å². The van der Waals surface area contributed by atoms with Crippen molar-refractivity contribution >= 4 is 11.8 Å². The first kappa shape index (κ1) is 15.4. The quantitative estimate of drug-likeness (QED) is 0.852. The van der Waals surface area contributed by atoms with Gasteiger partial charge in [0.25, 0.3) is 0 Å². The molecule has 0 unspecified atom stereocenters. The van der Waals surface area contributed by atoms with E-state index in [1.54, 1.807) is 4.90 Å². The predicted octanol–water partition coefficient (Wildman–Crippen LogP) is 0.621. The average molecular weight is 292 g/mol. The molecule has 113 valence electrons. The highest BCUT2D eigenvalue weighted by Crippen LogP contribution is 2.15. The second kappa shape index (κ2) is 6.67. The van der Waals surface area contributed by atoms with Crippen LogP contribution in [0.5, 0.6) is 0 Å². The number of piperidine rings is 1. The third-order valence-electron chi connectivity index (χ3n) is 3.69. The number of benzene rings is 1. The minimum absolute atomic E-state index is 0.0957. The summed E-state index contributed by atoms with van der Waals surface area (Å²) in [5, 5.41) is 0. The van der Waals surface area contributed by atoms with E-state index in [-0.39, 0.29) is 23.9 Å². The van der Waals surface area contributed by atoms with Crippen LogP contribution < -0.4 is 11.5 Å². The van der Waals surface area contributed by atoms with Crippen LogP contribution in [0.3, 0.4) is 0 Å². The van der Waals surface area contributed by atoms with Gasteiger partial charge in [0, 0.05) is 24.7 Å². The molecule has 0 aliphatic carbocycles. The lowest BCUT2D eigenvalue weighted by molar-refractivity contribution is -0.128. The fraction of sp³-hybridized carbons (Fsp3) is 0.400. The van der Waals surface area contributed by atoms with Gasteiger partial charge in [-0.3, -0.25) is 9.59 Å². The van der Waals surface area contributed by atoms with Gasteiger partial charge in [-0.25, -0.2) is 4.39 Å². The van der Waals surface area contributed by atoms with E-state index < -0.39 is 11.7 Å². The summed E-state index contributed by atoms with van der Waals surface area (Å²) >= 11 is 0. The van der Waals surface area contributed by atoms with Gasteiger partial charge in [-0.05, 0) is 37.0 Å². The molecule has 1 aliphatic heterocycles. The number of amides is 2. The Hall–Kier alpha value is -1.95. The van der Waals surface area contributed by atoms with Crippen molar-refractivity contribution in [2.45, 2.75) is 25.3 Å². The summed E-state index contributed by atoms with van der Waals surface area (Å²) in [6.07, 6.45) is 3.34. The van der Waals surface area contributed by atoms with Crippen LogP contribution in [0.1, 0.15) is 28.8 Å². The van der Waals surface area contributed by atoms with Gasteiger partial charge in [0.05, 0.1) is 6.42 Å². The van der Waals surface area contributed by atoms with Crippen LogP contribution >= 0.6 is 0 Å². The number of nitrogens with two attached hydrogens (primary N) is 2. The molecular formula is C15H19FN3O2. The predicted molar refractivity (Wildman–Crippen MR) is 76.7 cm³/mol. The third kappa shape index (κ3) is 4.01. The summed E-state index contributed by atoms with van der Waals surface area (Å²) in [6, 6.07) is 3.98. The van der Waals surface area contributed by atoms with E-state index in [2.05, 4.69) is 0 Å². The maximum absolute atomic E-state index is 13.1. The first-order valence-electron chi connectivity index (χ1n) is 6.93. The Morgan fingerprint density at radius 3 is 2.62 bits per heavy atom. The number of rotatable bonds is 4. The van der Waals surface area contributed by atoms with Crippen LogP contribution in [0.4, 0.5) is 4.39 Å². The van der Waals surface area contributed by atoms with E-state index in [1.165, 1.54) is 18.6 Å². The van der Waals surface area contributed by atoms with Gasteiger partial charge >= 0.3 is 0 Å². The Morgan fingerprint density at radius 1 is 1.33 bits per heavy atom. The van der Waals surface area contributed by atoms with Crippen LogP contribution in [-0.4, -0.2) is 35.8 Å². The molecule has 2 rings (SSSR count). The van der Waals surface area contributed by atoms with Crippen LogP contribution in [0.25, 0.3) is 0 Å². The number of nitrogens with zero attached hydrogens (tertiary/aromatic N) is 1. The number of likely N-dealkylation sites (tertiary alicyclic amines) is 1. The van der Waals surface area contributed by atoms with Crippen molar-refractivity contribution in [3.05, 3.63) is 41.6 Å². The van der Waals surface area contributed by atoms with Crippen LogP contribution in [-0.2, 0) is 11.2 Å². The maximum atomic E-state index is 13.1. The maximum Gasteiger partial charge on any atom is 0.249 e. The van der Waals surface area contributed by atoms with Gasteiger partial charge in [0.2, 0.25) is 11.8 Å². The molecule has 1 saturated heterocycles. The van der Waals surface area contributed by atoms with Gasteiger partial charge in [-0.2, -0.15) is 0 Å². The number of carbonyl (C=O) groups excluding carboxylic acids is 2. The van der Waals surface area contributed by atoms with Crippen molar-refractivity contribution in [3.63, 3.8) is 0 Å². The molecule has 1 aliphatic rings. The molecule has 0 aromatic heterocycles. The van der Waals surface area contributed by atoms with Crippen molar-refractivity contribution in [3.8, 4) is 0 Å². The second-order valence-corrected chi connectivity index (χ2v) is 5.24. The third-order valence-corrected chi connectivity index (χ3v) is 3.69. The van der Waals surface area contributed by atoms with E-state index in [1.807, 2.05) is 0 Å². The Kier molecular flexibility index (Phi) is 4.90. The van der Waals surface area contributed by atoms with E-state index in [4.69, 9.17) is 11.5 Å². The van der Waals surface area contributed by atoms with Crippen LogP contribution in [0.2, 0.25) is 0 Å². The minimum Gasteiger partial charge on any atom is -0.366 e. The monoisotopic (exact) mass is 292 g/mol. The van der Waals surface area contributed by atoms with Crippen molar-refractivity contribution in [2.24, 2.45) is 11.5 Å². The smallest absolute Gasteiger partial charge is 0.249 e. The summed E-state index contributed by atoms with van der Waals surface area (Å²) in [7, 11) is 0. The first-order chi connectivity index (χ1) is 9.97. The molecule has 0 bridgehead atoms. The largest absolute Gasteiger partial charge is 0.366 e. The van der Waals surface area contributed by atoms with Crippen LogP contribution in [0.15, 0.2) is 18.2 Å². The van der Waals surface area contributed by atoms with Crippen molar-refractivity contribution in [1.29, 1.82) is 0 Å². The zero-order valence-electron chi connectivity index (χ0n) is 11.7. The molecule has 2 amide bonds. The topological polar surface area (TPSA) is 89.4 Å². The molecule has 1 fully saturated rings. The highest BCUT2D eigenvalue weighted by Gasteiger charge is 2.21. The molecule has 0 saturated carbocycles. The normalized spacial score (nSPS) is 16.0. The molecule has 0 spiro atoms. The Labute approximate surface area is 123 Å². The molecule has 0 atom stereocenters. The van der Waals surface area contributed by atoms with E-state index >= 15 is 0 Å². The number of hydrogen-bond acceptors (Lipinski definition) is 3. The minimum atomic E-state index is -0.700. The molecule has 5 nitrogen and oxygen atoms in total. The Bertz CT molecular complexity index is 540. The highest BCUT2D eigenvalue weighted by molar-refractivity contribution is 5.95. The number of halogens is 1. The summed E-state index contributed by atoms with van der Waals surface area (Å²) in [6.45, 7) is 1.28. The second-order valence-electron chi connectivity index (χ2n) is 5.24. The van der Waals surface area contributed by atoms with Gasteiger partial charge in [0.15, 0.2) is 0 Å². The molecule has 1 heterocycles. The van der Waals surface area contributed by atoms with Gasteiger partial charge < -0.3 is 16.4 Å². The van der Waals surface area contributed by atoms with E-state index in [0.717, 1.165) is 18.9 Å². The van der Waals surface area contributed by atoms with Gasteiger partial charge in [0.1, 0.15) is 5.82 Å². The lowest BCUT2D eigenvalue weighted by Gasteiger charge is -2.30. The van der Waals surface area contributed by atoms with Gasteiger partial charge in [-0.15, -0.1) is 0 Å². The lowest BCUT2D eigenvalue weighted by atomic mass is 10.0. The van der Waals surface area contributed by atoms with Crippen LogP contribution in [0, 0.1) is 12.2 Å². The number of carbonyl (C=O) groups is 2.